The van der Waals surface area contributed by atoms with E-state index in [0.717, 1.165) is 24.0 Å². The molecular weight excluding hydrogens is 361 g/mol. The van der Waals surface area contributed by atoms with E-state index in [1.165, 1.54) is 83.5 Å². The fourth-order valence-electron chi connectivity index (χ4n) is 3.49. The first kappa shape index (κ1) is 27.1. The molecule has 0 heterocycles. The lowest BCUT2D eigenvalue weighted by Crippen LogP contribution is -2.46. The Hall–Kier alpha value is 0.0700. The van der Waals surface area contributed by atoms with Crippen LogP contribution in [0.5, 0.6) is 0 Å². The van der Waals surface area contributed by atoms with Gasteiger partial charge in [-0.05, 0) is 19.8 Å². The second-order valence-corrected chi connectivity index (χ2v) is 9.48. The van der Waals surface area contributed by atoms with Crippen LogP contribution in [-0.4, -0.2) is 42.7 Å². The molecule has 0 saturated carbocycles. The second kappa shape index (κ2) is 17.0. The molecule has 0 aliphatic heterocycles. The molecule has 2 unspecified atom stereocenters. The van der Waals surface area contributed by atoms with Crippen LogP contribution < -0.4 is 4.89 Å². The Morgan fingerprint density at radius 2 is 1.19 bits per heavy atom. The van der Waals surface area contributed by atoms with Gasteiger partial charge < -0.3 is 18.8 Å². The summed E-state index contributed by atoms with van der Waals surface area (Å²) in [4.78, 5) is 19.3. The maximum absolute atomic E-state index is 10.7. The highest BCUT2D eigenvalue weighted by molar-refractivity contribution is 7.44. The topological polar surface area (TPSA) is 69.6 Å². The highest BCUT2D eigenvalue weighted by Crippen LogP contribution is 2.30. The summed E-state index contributed by atoms with van der Waals surface area (Å²) in [7, 11) is -2.46. The number of rotatable bonds is 20. The zero-order chi connectivity index (χ0) is 20.4. The summed E-state index contributed by atoms with van der Waals surface area (Å²) in [6.45, 7) is 7.02. The summed E-state index contributed by atoms with van der Waals surface area (Å²) in [5.41, 5.74) is 0. The Morgan fingerprint density at radius 1 is 0.778 bits per heavy atom. The van der Waals surface area contributed by atoms with Gasteiger partial charge in [0, 0.05) is 0 Å². The molecule has 0 radical (unpaired) electrons. The van der Waals surface area contributed by atoms with Crippen molar-refractivity contribution in [3.8, 4) is 0 Å². The zero-order valence-corrected chi connectivity index (χ0v) is 19.2. The van der Waals surface area contributed by atoms with E-state index in [2.05, 4.69) is 25.4 Å². The SMILES string of the molecule is CCCCCCCCCCCCCCCC[N+](C)(CC)CCOP(=O)([O-])O. The molecule has 164 valence electrons. The van der Waals surface area contributed by atoms with Gasteiger partial charge in [-0.2, -0.15) is 0 Å². The van der Waals surface area contributed by atoms with Crippen LogP contribution in [0.2, 0.25) is 0 Å². The van der Waals surface area contributed by atoms with Gasteiger partial charge in [0.25, 0.3) is 7.82 Å². The molecule has 0 spiro atoms. The van der Waals surface area contributed by atoms with Crippen molar-refractivity contribution in [1.29, 1.82) is 0 Å². The molecule has 0 amide bonds. The maximum atomic E-state index is 10.7. The molecule has 5 nitrogen and oxygen atoms in total. The fourth-order valence-corrected chi connectivity index (χ4v) is 3.81. The van der Waals surface area contributed by atoms with Gasteiger partial charge in [-0.25, -0.2) is 0 Å². The lowest BCUT2D eigenvalue weighted by atomic mass is 10.0. The van der Waals surface area contributed by atoms with E-state index >= 15 is 0 Å². The molecule has 27 heavy (non-hydrogen) atoms. The summed E-state index contributed by atoms with van der Waals surface area (Å²) in [5.74, 6) is 0. The molecule has 0 aromatic carbocycles. The fraction of sp³-hybridized carbons (Fsp3) is 1.00. The van der Waals surface area contributed by atoms with Crippen LogP contribution in [0, 0.1) is 0 Å². The van der Waals surface area contributed by atoms with Crippen molar-refractivity contribution in [3.63, 3.8) is 0 Å². The van der Waals surface area contributed by atoms with E-state index in [4.69, 9.17) is 4.89 Å². The van der Waals surface area contributed by atoms with Gasteiger partial charge >= 0.3 is 0 Å². The zero-order valence-electron chi connectivity index (χ0n) is 18.3. The Labute approximate surface area is 168 Å². The number of phosphoric acid groups is 1. The molecule has 0 aliphatic rings. The van der Waals surface area contributed by atoms with E-state index in [-0.39, 0.29) is 6.61 Å². The molecule has 0 aliphatic carbocycles. The van der Waals surface area contributed by atoms with E-state index in [1.54, 1.807) is 0 Å². The smallest absolute Gasteiger partial charge is 0.265 e. The number of likely N-dealkylation sites (N-methyl/N-ethyl adjacent to an activating group) is 1. The molecule has 2 atom stereocenters. The lowest BCUT2D eigenvalue weighted by Gasteiger charge is -2.34. The summed E-state index contributed by atoms with van der Waals surface area (Å²) in [5, 5.41) is 0. The minimum absolute atomic E-state index is 0.0558. The van der Waals surface area contributed by atoms with Gasteiger partial charge in [0.15, 0.2) is 0 Å². The summed E-state index contributed by atoms with van der Waals surface area (Å²) in [6.07, 6.45) is 19.0. The molecular formula is C21H46NO4P. The van der Waals surface area contributed by atoms with Crippen molar-refractivity contribution in [3.05, 3.63) is 0 Å². The largest absolute Gasteiger partial charge is 0.756 e. The van der Waals surface area contributed by atoms with Crippen molar-refractivity contribution < 1.29 is 23.4 Å². The predicted molar refractivity (Wildman–Crippen MR) is 113 cm³/mol. The van der Waals surface area contributed by atoms with Crippen molar-refractivity contribution in [1.82, 2.24) is 0 Å². The van der Waals surface area contributed by atoms with E-state index in [1.807, 2.05) is 0 Å². The Balaban J connectivity index is 3.46. The number of hydrogen-bond donors (Lipinski definition) is 1. The standard InChI is InChI=1S/C21H46NO4P/c1-4-6-7-8-9-10-11-12-13-14-15-16-17-18-19-22(3,5-2)20-21-26-27(23,24)25/h4-21H2,1-3H3,(H-,23,24,25). The number of nitrogens with zero attached hydrogens (tertiary/aromatic N) is 1. The van der Waals surface area contributed by atoms with Crippen LogP contribution in [0.3, 0.4) is 0 Å². The van der Waals surface area contributed by atoms with Gasteiger partial charge in [0.05, 0.1) is 20.1 Å². The Morgan fingerprint density at radius 3 is 1.56 bits per heavy atom. The normalized spacial score (nSPS) is 16.2. The van der Waals surface area contributed by atoms with E-state index in [0.29, 0.717) is 6.54 Å². The van der Waals surface area contributed by atoms with Crippen molar-refractivity contribution in [2.75, 3.05) is 33.3 Å². The number of unbranched alkanes of at least 4 members (excludes halogenated alkanes) is 13. The van der Waals surface area contributed by atoms with Gasteiger partial charge in [0.1, 0.15) is 13.2 Å². The highest BCUT2D eigenvalue weighted by atomic mass is 31.2. The molecule has 0 bridgehead atoms. The summed E-state index contributed by atoms with van der Waals surface area (Å²) in [6, 6.07) is 0. The van der Waals surface area contributed by atoms with Crippen LogP contribution in [0.15, 0.2) is 0 Å². The third-order valence-electron chi connectivity index (χ3n) is 5.70. The van der Waals surface area contributed by atoms with E-state index in [9.17, 15) is 9.46 Å². The summed E-state index contributed by atoms with van der Waals surface area (Å²) >= 11 is 0. The number of hydrogen-bond acceptors (Lipinski definition) is 3. The minimum Gasteiger partial charge on any atom is -0.756 e. The first-order chi connectivity index (χ1) is 12.8. The summed E-state index contributed by atoms with van der Waals surface area (Å²) < 4.78 is 15.9. The van der Waals surface area contributed by atoms with Gasteiger partial charge in [0.2, 0.25) is 0 Å². The minimum atomic E-state index is -4.58. The van der Waals surface area contributed by atoms with E-state index < -0.39 is 7.82 Å². The molecule has 1 N–H and O–H groups in total. The number of phosphoric ester groups is 1. The van der Waals surface area contributed by atoms with Crippen LogP contribution in [0.1, 0.15) is 104 Å². The van der Waals surface area contributed by atoms with Crippen molar-refractivity contribution in [2.24, 2.45) is 0 Å². The molecule has 0 rings (SSSR count). The highest BCUT2D eigenvalue weighted by Gasteiger charge is 2.19. The number of quaternary nitrogens is 1. The molecule has 0 aromatic heterocycles. The molecule has 0 saturated heterocycles. The third-order valence-corrected chi connectivity index (χ3v) is 6.21. The van der Waals surface area contributed by atoms with Crippen LogP contribution >= 0.6 is 7.82 Å². The average Bonchev–Trinajstić information content (AvgIpc) is 2.61. The van der Waals surface area contributed by atoms with Crippen LogP contribution in [0.25, 0.3) is 0 Å². The average molecular weight is 408 g/mol. The van der Waals surface area contributed by atoms with Crippen molar-refractivity contribution in [2.45, 2.75) is 104 Å². The Kier molecular flexibility index (Phi) is 17.0. The monoisotopic (exact) mass is 407 g/mol. The third kappa shape index (κ3) is 19.2. The first-order valence-electron chi connectivity index (χ1n) is 11.3. The van der Waals surface area contributed by atoms with Crippen molar-refractivity contribution >= 4 is 7.82 Å². The van der Waals surface area contributed by atoms with Crippen LogP contribution in [-0.2, 0) is 9.09 Å². The molecule has 0 fully saturated rings. The van der Waals surface area contributed by atoms with Gasteiger partial charge in [-0.1, -0.05) is 84.0 Å². The first-order valence-corrected chi connectivity index (χ1v) is 12.8. The Bertz CT molecular complexity index is 375. The maximum Gasteiger partial charge on any atom is 0.265 e. The molecule has 0 aromatic rings. The van der Waals surface area contributed by atoms with Crippen LogP contribution in [0.4, 0.5) is 0 Å². The van der Waals surface area contributed by atoms with Gasteiger partial charge in [-0.3, -0.25) is 4.57 Å². The second-order valence-electron chi connectivity index (χ2n) is 8.28. The quantitative estimate of drug-likeness (QED) is 0.166. The predicted octanol–water partition coefficient (Wildman–Crippen LogP) is 5.41. The van der Waals surface area contributed by atoms with Gasteiger partial charge in [-0.15, -0.1) is 0 Å². The lowest BCUT2D eigenvalue weighted by molar-refractivity contribution is -0.908. The molecule has 6 heteroatoms.